The van der Waals surface area contributed by atoms with E-state index in [1.165, 1.54) is 4.90 Å². The van der Waals surface area contributed by atoms with E-state index in [0.717, 1.165) is 41.0 Å². The normalized spacial score (nSPS) is 19.1. The van der Waals surface area contributed by atoms with Crippen LogP contribution in [0, 0.1) is 5.92 Å². The number of carbonyl (C=O) groups excluding carboxylic acids is 1. The number of halogens is 1. The van der Waals surface area contributed by atoms with Crippen LogP contribution < -0.4 is 0 Å². The number of benzene rings is 3. The van der Waals surface area contributed by atoms with Crippen molar-refractivity contribution in [2.75, 3.05) is 0 Å². The zero-order valence-electron chi connectivity index (χ0n) is 15.0. The lowest BCUT2D eigenvalue weighted by Gasteiger charge is -2.11. The van der Waals surface area contributed by atoms with E-state index in [-0.39, 0.29) is 11.7 Å². The molecule has 0 amide bonds. The van der Waals surface area contributed by atoms with Crippen molar-refractivity contribution in [1.29, 1.82) is 0 Å². The van der Waals surface area contributed by atoms with Gasteiger partial charge in [0.15, 0.2) is 5.78 Å². The molecule has 3 aromatic rings. The largest absolute Gasteiger partial charge is 0.294 e. The van der Waals surface area contributed by atoms with Gasteiger partial charge in [-0.15, -0.1) is 11.8 Å². The van der Waals surface area contributed by atoms with E-state index in [2.05, 4.69) is 24.3 Å². The van der Waals surface area contributed by atoms with Crippen molar-refractivity contribution in [3.63, 3.8) is 0 Å². The number of carbonyl (C=O) groups is 1. The van der Waals surface area contributed by atoms with Crippen LogP contribution in [0.5, 0.6) is 0 Å². The third-order valence-corrected chi connectivity index (χ3v) is 6.71. The summed E-state index contributed by atoms with van der Waals surface area (Å²) in [5.41, 5.74) is 3.04. The summed E-state index contributed by atoms with van der Waals surface area (Å²) >= 11 is 7.86. The third kappa shape index (κ3) is 4.45. The molecule has 1 aliphatic carbocycles. The Morgan fingerprint density at radius 3 is 2.11 bits per heavy atom. The molecule has 0 N–H and O–H groups in total. The highest BCUT2D eigenvalue weighted by atomic mass is 35.5. The number of ketones is 1. The Kier molecular flexibility index (Phi) is 5.66. The van der Waals surface area contributed by atoms with Gasteiger partial charge in [-0.25, -0.2) is 0 Å². The molecule has 3 heteroatoms. The van der Waals surface area contributed by atoms with Crippen molar-refractivity contribution in [1.82, 2.24) is 0 Å². The van der Waals surface area contributed by atoms with Crippen LogP contribution in [-0.4, -0.2) is 11.0 Å². The van der Waals surface area contributed by atoms with Gasteiger partial charge in [-0.2, -0.15) is 0 Å². The molecule has 0 heterocycles. The summed E-state index contributed by atoms with van der Waals surface area (Å²) in [6.45, 7) is 0. The van der Waals surface area contributed by atoms with Crippen LogP contribution in [0.1, 0.15) is 29.6 Å². The second-order valence-corrected chi connectivity index (χ2v) is 8.82. The molecule has 136 valence electrons. The van der Waals surface area contributed by atoms with Crippen molar-refractivity contribution < 1.29 is 4.79 Å². The van der Waals surface area contributed by atoms with Crippen molar-refractivity contribution in [3.8, 4) is 11.1 Å². The quantitative estimate of drug-likeness (QED) is 0.429. The van der Waals surface area contributed by atoms with Crippen molar-refractivity contribution in [2.45, 2.75) is 29.4 Å². The van der Waals surface area contributed by atoms with E-state index < -0.39 is 0 Å². The van der Waals surface area contributed by atoms with Crippen LogP contribution in [0.15, 0.2) is 83.8 Å². The van der Waals surface area contributed by atoms with Crippen molar-refractivity contribution in [2.24, 2.45) is 5.92 Å². The minimum absolute atomic E-state index is 0.146. The van der Waals surface area contributed by atoms with Gasteiger partial charge in [0.1, 0.15) is 0 Å². The number of hydrogen-bond donors (Lipinski definition) is 0. The monoisotopic (exact) mass is 392 g/mol. The van der Waals surface area contributed by atoms with E-state index in [4.69, 9.17) is 11.6 Å². The molecule has 0 bridgehead atoms. The summed E-state index contributed by atoms with van der Waals surface area (Å²) in [4.78, 5) is 14.2. The highest BCUT2D eigenvalue weighted by molar-refractivity contribution is 8.00. The average Bonchev–Trinajstić information content (AvgIpc) is 3.17. The lowest BCUT2D eigenvalue weighted by Crippen LogP contribution is -2.12. The minimum atomic E-state index is 0.146. The predicted molar refractivity (Wildman–Crippen MR) is 115 cm³/mol. The highest BCUT2D eigenvalue weighted by Crippen LogP contribution is 2.39. The number of rotatable bonds is 5. The van der Waals surface area contributed by atoms with E-state index in [9.17, 15) is 4.79 Å². The molecule has 27 heavy (non-hydrogen) atoms. The zero-order valence-corrected chi connectivity index (χ0v) is 16.5. The van der Waals surface area contributed by atoms with Crippen LogP contribution >= 0.6 is 23.4 Å². The molecule has 4 rings (SSSR count). The number of Topliss-reactive ketones (excluding diaryl/α,β-unsaturated/α-hetero) is 1. The second kappa shape index (κ2) is 8.33. The average molecular weight is 393 g/mol. The molecule has 2 unspecified atom stereocenters. The van der Waals surface area contributed by atoms with Crippen LogP contribution in [-0.2, 0) is 0 Å². The molecule has 0 aromatic heterocycles. The first-order chi connectivity index (χ1) is 13.2. The van der Waals surface area contributed by atoms with Gasteiger partial charge >= 0.3 is 0 Å². The second-order valence-electron chi connectivity index (χ2n) is 7.01. The summed E-state index contributed by atoms with van der Waals surface area (Å²) in [5, 5.41) is 1.27. The summed E-state index contributed by atoms with van der Waals surface area (Å²) in [6.07, 6.45) is 3.07. The smallest absolute Gasteiger partial charge is 0.165 e. The Hall–Kier alpha value is -2.03. The van der Waals surface area contributed by atoms with Gasteiger partial charge < -0.3 is 0 Å². The molecule has 1 aliphatic rings. The van der Waals surface area contributed by atoms with E-state index in [0.29, 0.717) is 5.25 Å². The van der Waals surface area contributed by atoms with Gasteiger partial charge in [0.25, 0.3) is 0 Å². The predicted octanol–water partition coefficient (Wildman–Crippen LogP) is 7.15. The Morgan fingerprint density at radius 1 is 0.815 bits per heavy atom. The van der Waals surface area contributed by atoms with E-state index in [1.807, 2.05) is 66.4 Å². The first kappa shape index (κ1) is 18.3. The summed E-state index contributed by atoms with van der Waals surface area (Å²) in [5.74, 6) is 0.432. The molecule has 1 saturated carbocycles. The molecule has 1 fully saturated rings. The fourth-order valence-corrected chi connectivity index (χ4v) is 5.09. The third-order valence-electron chi connectivity index (χ3n) is 5.15. The summed E-state index contributed by atoms with van der Waals surface area (Å²) in [6, 6.07) is 26.2. The van der Waals surface area contributed by atoms with Crippen molar-refractivity contribution in [3.05, 3.63) is 89.4 Å². The highest BCUT2D eigenvalue weighted by Gasteiger charge is 2.30. The standard InChI is InChI=1S/C24H21ClOS/c25-21-13-10-18(11-14-21)17-6-8-19(9-7-17)24(26)20-12-15-23(16-20)27-22-4-2-1-3-5-22/h1-11,13-14,20,23H,12,15-16H2. The molecular formula is C24H21ClOS. The molecule has 0 radical (unpaired) electrons. The molecular weight excluding hydrogens is 372 g/mol. The van der Waals surface area contributed by atoms with E-state index in [1.54, 1.807) is 0 Å². The van der Waals surface area contributed by atoms with Crippen LogP contribution in [0.25, 0.3) is 11.1 Å². The molecule has 1 nitrogen and oxygen atoms in total. The molecule has 3 aromatic carbocycles. The van der Waals surface area contributed by atoms with Gasteiger partial charge in [-0.05, 0) is 54.7 Å². The Labute approximate surface area is 169 Å². The summed E-state index contributed by atoms with van der Waals surface area (Å²) in [7, 11) is 0. The fourth-order valence-electron chi connectivity index (χ4n) is 3.68. The maximum Gasteiger partial charge on any atom is 0.165 e. The van der Waals surface area contributed by atoms with E-state index >= 15 is 0 Å². The Morgan fingerprint density at radius 2 is 1.44 bits per heavy atom. The fraction of sp³-hybridized carbons (Fsp3) is 0.208. The molecule has 0 saturated heterocycles. The molecule has 0 spiro atoms. The lowest BCUT2D eigenvalue weighted by atomic mass is 9.94. The van der Waals surface area contributed by atoms with Gasteiger partial charge in [-0.3, -0.25) is 4.79 Å². The first-order valence-electron chi connectivity index (χ1n) is 9.31. The molecule has 2 atom stereocenters. The number of hydrogen-bond acceptors (Lipinski definition) is 2. The topological polar surface area (TPSA) is 17.1 Å². The maximum atomic E-state index is 12.9. The zero-order chi connectivity index (χ0) is 18.6. The Bertz CT molecular complexity index is 903. The van der Waals surface area contributed by atoms with Crippen LogP contribution in [0.3, 0.4) is 0 Å². The lowest BCUT2D eigenvalue weighted by molar-refractivity contribution is 0.0923. The van der Waals surface area contributed by atoms with Crippen molar-refractivity contribution >= 4 is 29.1 Å². The van der Waals surface area contributed by atoms with Gasteiger partial charge in [0.2, 0.25) is 0 Å². The van der Waals surface area contributed by atoms with Gasteiger partial charge in [-0.1, -0.05) is 66.2 Å². The molecule has 0 aliphatic heterocycles. The van der Waals surface area contributed by atoms with Crippen LogP contribution in [0.4, 0.5) is 0 Å². The number of thioether (sulfide) groups is 1. The minimum Gasteiger partial charge on any atom is -0.294 e. The SMILES string of the molecule is O=C(c1ccc(-c2ccc(Cl)cc2)cc1)C1CCC(Sc2ccccc2)C1. The van der Waals surface area contributed by atoms with Crippen LogP contribution in [0.2, 0.25) is 5.02 Å². The summed E-state index contributed by atoms with van der Waals surface area (Å²) < 4.78 is 0. The van der Waals surface area contributed by atoms with Gasteiger partial charge in [0, 0.05) is 26.6 Å². The van der Waals surface area contributed by atoms with Gasteiger partial charge in [0.05, 0.1) is 0 Å². The Balaban J connectivity index is 1.40. The first-order valence-corrected chi connectivity index (χ1v) is 10.6. The maximum absolute atomic E-state index is 12.9.